The third-order valence-corrected chi connectivity index (χ3v) is 3.38. The van der Waals surface area contributed by atoms with E-state index in [-0.39, 0.29) is 0 Å². The molecule has 0 radical (unpaired) electrons. The van der Waals surface area contributed by atoms with Gasteiger partial charge in [-0.15, -0.1) is 0 Å². The van der Waals surface area contributed by atoms with Crippen LogP contribution in [0.25, 0.3) is 6.08 Å². The molecule has 0 saturated carbocycles. The van der Waals surface area contributed by atoms with Crippen LogP contribution in [-0.2, 0) is 0 Å². The van der Waals surface area contributed by atoms with Gasteiger partial charge in [-0.3, -0.25) is 4.99 Å². The molecule has 0 saturated heterocycles. The zero-order valence-corrected chi connectivity index (χ0v) is 12.7. The molecule has 0 atom stereocenters. The van der Waals surface area contributed by atoms with Gasteiger partial charge in [0.1, 0.15) is 0 Å². The van der Waals surface area contributed by atoms with Crippen molar-refractivity contribution in [2.45, 2.75) is 13.8 Å². The number of nitrogens with zero attached hydrogens (tertiary/aromatic N) is 2. The standard InChI is InChI=1S/C19H22N2/c1-3-21(4-2)19-14-12-18(13-15-19)20-16-8-11-17-9-6-5-7-10-17/h5-16H,3-4H2,1-2H3. The van der Waals surface area contributed by atoms with Crippen LogP contribution in [-0.4, -0.2) is 19.3 Å². The smallest absolute Gasteiger partial charge is 0.0631 e. The van der Waals surface area contributed by atoms with E-state index >= 15 is 0 Å². The molecule has 0 aliphatic rings. The summed E-state index contributed by atoms with van der Waals surface area (Å²) in [4.78, 5) is 6.77. The number of hydrogen-bond donors (Lipinski definition) is 0. The highest BCUT2D eigenvalue weighted by molar-refractivity contribution is 5.80. The van der Waals surface area contributed by atoms with Crippen molar-refractivity contribution in [3.05, 3.63) is 66.2 Å². The van der Waals surface area contributed by atoms with Gasteiger partial charge in [-0.2, -0.15) is 0 Å². The van der Waals surface area contributed by atoms with Crippen molar-refractivity contribution in [3.8, 4) is 0 Å². The van der Waals surface area contributed by atoms with Gasteiger partial charge in [0.2, 0.25) is 0 Å². The van der Waals surface area contributed by atoms with Crippen molar-refractivity contribution < 1.29 is 0 Å². The van der Waals surface area contributed by atoms with Crippen LogP contribution in [0.5, 0.6) is 0 Å². The Morgan fingerprint density at radius 2 is 1.57 bits per heavy atom. The largest absolute Gasteiger partial charge is 0.372 e. The predicted octanol–water partition coefficient (Wildman–Crippen LogP) is 4.95. The fraction of sp³-hybridized carbons (Fsp3) is 0.211. The van der Waals surface area contributed by atoms with Crippen LogP contribution in [0.4, 0.5) is 11.4 Å². The summed E-state index contributed by atoms with van der Waals surface area (Å²) < 4.78 is 0. The number of allylic oxidation sites excluding steroid dienone is 1. The van der Waals surface area contributed by atoms with Gasteiger partial charge in [-0.25, -0.2) is 0 Å². The van der Waals surface area contributed by atoms with Crippen LogP contribution in [0.2, 0.25) is 0 Å². The van der Waals surface area contributed by atoms with Crippen LogP contribution in [0, 0.1) is 0 Å². The highest BCUT2D eigenvalue weighted by atomic mass is 15.1. The molecule has 0 heterocycles. The van der Waals surface area contributed by atoms with Crippen molar-refractivity contribution in [2.24, 2.45) is 4.99 Å². The van der Waals surface area contributed by atoms with E-state index in [4.69, 9.17) is 0 Å². The van der Waals surface area contributed by atoms with Crippen LogP contribution < -0.4 is 4.90 Å². The summed E-state index contributed by atoms with van der Waals surface area (Å²) in [5.41, 5.74) is 3.41. The van der Waals surface area contributed by atoms with Crippen molar-refractivity contribution in [1.82, 2.24) is 0 Å². The Labute approximate surface area is 127 Å². The lowest BCUT2D eigenvalue weighted by atomic mass is 10.2. The Morgan fingerprint density at radius 3 is 2.19 bits per heavy atom. The van der Waals surface area contributed by atoms with Crippen molar-refractivity contribution in [2.75, 3.05) is 18.0 Å². The minimum atomic E-state index is 0.976. The molecule has 0 N–H and O–H groups in total. The zero-order valence-electron chi connectivity index (χ0n) is 12.7. The molecule has 108 valence electrons. The Bertz CT molecular complexity index is 579. The van der Waals surface area contributed by atoms with Crippen molar-refractivity contribution in [1.29, 1.82) is 0 Å². The lowest BCUT2D eigenvalue weighted by Gasteiger charge is -2.20. The lowest BCUT2D eigenvalue weighted by Crippen LogP contribution is -2.21. The Balaban J connectivity index is 1.97. The summed E-state index contributed by atoms with van der Waals surface area (Å²) in [7, 11) is 0. The van der Waals surface area contributed by atoms with Crippen molar-refractivity contribution in [3.63, 3.8) is 0 Å². The summed E-state index contributed by atoms with van der Waals surface area (Å²) in [5, 5.41) is 0. The number of anilines is 1. The van der Waals surface area contributed by atoms with E-state index in [2.05, 4.69) is 60.1 Å². The SMILES string of the molecule is CCN(CC)c1ccc(N=CC=Cc2ccccc2)cc1. The second-order valence-electron chi connectivity index (χ2n) is 4.74. The quantitative estimate of drug-likeness (QED) is 0.683. The molecular weight excluding hydrogens is 256 g/mol. The molecule has 0 fully saturated rings. The minimum absolute atomic E-state index is 0.976. The summed E-state index contributed by atoms with van der Waals surface area (Å²) in [6.45, 7) is 6.39. The maximum atomic E-state index is 4.44. The molecule has 2 rings (SSSR count). The minimum Gasteiger partial charge on any atom is -0.372 e. The molecule has 0 aliphatic heterocycles. The Hall–Kier alpha value is -2.35. The van der Waals surface area contributed by atoms with Crippen LogP contribution >= 0.6 is 0 Å². The molecule has 21 heavy (non-hydrogen) atoms. The maximum absolute atomic E-state index is 4.44. The van der Waals surface area contributed by atoms with E-state index < -0.39 is 0 Å². The molecule has 2 heteroatoms. The van der Waals surface area contributed by atoms with Crippen LogP contribution in [0.1, 0.15) is 19.4 Å². The molecule has 0 unspecified atom stereocenters. The molecule has 0 spiro atoms. The molecular formula is C19H22N2. The average Bonchev–Trinajstić information content (AvgIpc) is 2.55. The fourth-order valence-electron chi connectivity index (χ4n) is 2.19. The van der Waals surface area contributed by atoms with Gasteiger partial charge in [0.05, 0.1) is 5.69 Å². The van der Waals surface area contributed by atoms with Crippen molar-refractivity contribution >= 4 is 23.7 Å². The second-order valence-corrected chi connectivity index (χ2v) is 4.74. The average molecular weight is 278 g/mol. The van der Waals surface area contributed by atoms with Gasteiger partial charge >= 0.3 is 0 Å². The van der Waals surface area contributed by atoms with Gasteiger partial charge in [0, 0.05) is 25.0 Å². The first-order chi connectivity index (χ1) is 10.3. The van der Waals surface area contributed by atoms with Gasteiger partial charge in [0.25, 0.3) is 0 Å². The molecule has 0 amide bonds. The van der Waals surface area contributed by atoms with E-state index in [1.807, 2.05) is 36.6 Å². The van der Waals surface area contributed by atoms with Gasteiger partial charge in [-0.1, -0.05) is 36.4 Å². The third-order valence-electron chi connectivity index (χ3n) is 3.38. The second kappa shape index (κ2) is 8.05. The summed E-state index contributed by atoms with van der Waals surface area (Å²) >= 11 is 0. The first-order valence-electron chi connectivity index (χ1n) is 7.44. The van der Waals surface area contributed by atoms with E-state index in [1.165, 1.54) is 11.3 Å². The van der Waals surface area contributed by atoms with E-state index in [1.54, 1.807) is 0 Å². The summed E-state index contributed by atoms with van der Waals surface area (Å²) in [6, 6.07) is 18.6. The molecule has 2 aromatic rings. The first-order valence-corrected chi connectivity index (χ1v) is 7.44. The monoisotopic (exact) mass is 278 g/mol. The predicted molar refractivity (Wildman–Crippen MR) is 93.6 cm³/mol. The molecule has 2 aromatic carbocycles. The maximum Gasteiger partial charge on any atom is 0.0631 e. The lowest BCUT2D eigenvalue weighted by molar-refractivity contribution is 0.866. The third kappa shape index (κ3) is 4.60. The number of rotatable bonds is 6. The first kappa shape index (κ1) is 15.0. The summed E-state index contributed by atoms with van der Waals surface area (Å²) in [6.07, 6.45) is 5.85. The van der Waals surface area contributed by atoms with E-state index in [0.717, 1.165) is 18.8 Å². The van der Waals surface area contributed by atoms with Crippen LogP contribution in [0.3, 0.4) is 0 Å². The number of hydrogen-bond acceptors (Lipinski definition) is 2. The van der Waals surface area contributed by atoms with E-state index in [9.17, 15) is 0 Å². The highest BCUT2D eigenvalue weighted by Crippen LogP contribution is 2.19. The molecule has 0 aliphatic carbocycles. The van der Waals surface area contributed by atoms with Gasteiger partial charge in [-0.05, 0) is 49.8 Å². The number of aliphatic imine (C=N–C) groups is 1. The van der Waals surface area contributed by atoms with E-state index in [0.29, 0.717) is 0 Å². The van der Waals surface area contributed by atoms with Gasteiger partial charge in [0.15, 0.2) is 0 Å². The Morgan fingerprint density at radius 1 is 0.905 bits per heavy atom. The van der Waals surface area contributed by atoms with Gasteiger partial charge < -0.3 is 4.90 Å². The topological polar surface area (TPSA) is 15.6 Å². The fourth-order valence-corrected chi connectivity index (χ4v) is 2.19. The molecule has 0 bridgehead atoms. The van der Waals surface area contributed by atoms with Crippen LogP contribution in [0.15, 0.2) is 65.7 Å². The normalized spacial score (nSPS) is 11.3. The molecule has 2 nitrogen and oxygen atoms in total. The highest BCUT2D eigenvalue weighted by Gasteiger charge is 2.00. The zero-order chi connectivity index (χ0) is 14.9. The Kier molecular flexibility index (Phi) is 5.77. The number of benzene rings is 2. The molecule has 0 aromatic heterocycles. The summed E-state index contributed by atoms with van der Waals surface area (Å²) in [5.74, 6) is 0.